The Morgan fingerprint density at radius 1 is 1.54 bits per heavy atom. The molecule has 2 N–H and O–H groups in total. The summed E-state index contributed by atoms with van der Waals surface area (Å²) in [5.41, 5.74) is 7.07. The van der Waals surface area contributed by atoms with E-state index >= 15 is 0 Å². The molecular formula is C9H8N2O2. The lowest BCUT2D eigenvalue weighted by molar-refractivity contribution is 0.0999. The first kappa shape index (κ1) is 7.79. The molecule has 2 rings (SSSR count). The van der Waals surface area contributed by atoms with E-state index in [1.165, 1.54) is 0 Å². The fourth-order valence-electron chi connectivity index (χ4n) is 1.30. The maximum Gasteiger partial charge on any atom is 0.249 e. The Bertz CT molecular complexity index is 473. The number of aryl methyl sites for hydroxylation is 1. The summed E-state index contributed by atoms with van der Waals surface area (Å²) in [5.74, 6) is -0.448. The molecule has 0 saturated carbocycles. The molecule has 0 bridgehead atoms. The molecule has 0 atom stereocenters. The number of amides is 1. The highest BCUT2D eigenvalue weighted by atomic mass is 16.5. The van der Waals surface area contributed by atoms with Crippen molar-refractivity contribution in [1.82, 2.24) is 5.16 Å². The highest BCUT2D eigenvalue weighted by Crippen LogP contribution is 2.18. The largest absolute Gasteiger partial charge is 0.366 e. The first-order chi connectivity index (χ1) is 6.18. The zero-order valence-electron chi connectivity index (χ0n) is 7.07. The molecule has 0 unspecified atom stereocenters. The van der Waals surface area contributed by atoms with Crippen molar-refractivity contribution in [1.29, 1.82) is 0 Å². The van der Waals surface area contributed by atoms with Gasteiger partial charge < -0.3 is 10.3 Å². The lowest BCUT2D eigenvalue weighted by Crippen LogP contribution is -2.12. The van der Waals surface area contributed by atoms with Crippen molar-refractivity contribution in [3.05, 3.63) is 29.5 Å². The van der Waals surface area contributed by atoms with E-state index in [9.17, 15) is 4.79 Å². The van der Waals surface area contributed by atoms with Gasteiger partial charge in [-0.3, -0.25) is 4.79 Å². The highest BCUT2D eigenvalue weighted by molar-refractivity contribution is 5.97. The van der Waals surface area contributed by atoms with E-state index < -0.39 is 5.91 Å². The molecule has 4 nitrogen and oxygen atoms in total. The third-order valence-corrected chi connectivity index (χ3v) is 1.97. The minimum Gasteiger partial charge on any atom is -0.366 e. The Labute approximate surface area is 74.3 Å². The quantitative estimate of drug-likeness (QED) is 0.710. The number of nitrogens with two attached hydrogens (primary N) is 1. The van der Waals surface area contributed by atoms with E-state index in [4.69, 9.17) is 10.3 Å². The first-order valence-electron chi connectivity index (χ1n) is 3.83. The lowest BCUT2D eigenvalue weighted by Gasteiger charge is -1.99. The molecule has 0 aliphatic heterocycles. The van der Waals surface area contributed by atoms with Gasteiger partial charge in [0.25, 0.3) is 0 Å². The summed E-state index contributed by atoms with van der Waals surface area (Å²) in [6, 6.07) is 3.44. The van der Waals surface area contributed by atoms with Crippen LogP contribution in [0.5, 0.6) is 0 Å². The summed E-state index contributed by atoms with van der Waals surface area (Å²) >= 11 is 0. The Hall–Kier alpha value is -1.84. The van der Waals surface area contributed by atoms with Gasteiger partial charge in [-0.25, -0.2) is 0 Å². The standard InChI is InChI=1S/C9H8N2O2/c1-5-2-6-4-11-13-8(6)3-7(5)9(10)12/h2-4H,1H3,(H2,10,12). The number of rotatable bonds is 1. The van der Waals surface area contributed by atoms with Crippen LogP contribution in [-0.2, 0) is 0 Å². The third kappa shape index (κ3) is 1.16. The van der Waals surface area contributed by atoms with Crippen LogP contribution in [0.2, 0.25) is 0 Å². The van der Waals surface area contributed by atoms with Crippen molar-refractivity contribution < 1.29 is 9.32 Å². The van der Waals surface area contributed by atoms with E-state index in [0.29, 0.717) is 11.1 Å². The SMILES string of the molecule is Cc1cc2cnoc2cc1C(N)=O. The van der Waals surface area contributed by atoms with Crippen LogP contribution in [0.4, 0.5) is 0 Å². The van der Waals surface area contributed by atoms with Crippen LogP contribution in [0.15, 0.2) is 22.9 Å². The van der Waals surface area contributed by atoms with E-state index in [1.807, 2.05) is 13.0 Å². The third-order valence-electron chi connectivity index (χ3n) is 1.97. The van der Waals surface area contributed by atoms with Gasteiger partial charge in [-0.15, -0.1) is 0 Å². The Morgan fingerprint density at radius 3 is 3.00 bits per heavy atom. The second kappa shape index (κ2) is 2.58. The van der Waals surface area contributed by atoms with Gasteiger partial charge in [0.2, 0.25) is 5.91 Å². The zero-order valence-corrected chi connectivity index (χ0v) is 7.07. The van der Waals surface area contributed by atoms with Gasteiger partial charge in [0.15, 0.2) is 5.58 Å². The predicted molar refractivity (Wildman–Crippen MR) is 47.3 cm³/mol. The van der Waals surface area contributed by atoms with Crippen molar-refractivity contribution in [2.45, 2.75) is 6.92 Å². The number of hydrogen-bond donors (Lipinski definition) is 1. The molecule has 4 heteroatoms. The van der Waals surface area contributed by atoms with Crippen LogP contribution < -0.4 is 5.73 Å². The molecule has 0 radical (unpaired) electrons. The molecule has 0 aliphatic carbocycles. The second-order valence-electron chi connectivity index (χ2n) is 2.90. The number of carbonyl (C=O) groups excluding carboxylic acids is 1. The van der Waals surface area contributed by atoms with Crippen LogP contribution in [0, 0.1) is 6.92 Å². The van der Waals surface area contributed by atoms with Crippen LogP contribution in [0.25, 0.3) is 11.0 Å². The second-order valence-corrected chi connectivity index (χ2v) is 2.90. The van der Waals surface area contributed by atoms with E-state index in [2.05, 4.69) is 5.16 Å². The number of carbonyl (C=O) groups is 1. The Kier molecular flexibility index (Phi) is 1.55. The smallest absolute Gasteiger partial charge is 0.249 e. The fraction of sp³-hybridized carbons (Fsp3) is 0.111. The lowest BCUT2D eigenvalue weighted by atomic mass is 10.1. The van der Waals surface area contributed by atoms with E-state index in [1.54, 1.807) is 12.3 Å². The molecule has 0 aliphatic rings. The van der Waals surface area contributed by atoms with Gasteiger partial charge in [-0.2, -0.15) is 0 Å². The molecule has 1 heterocycles. The summed E-state index contributed by atoms with van der Waals surface area (Å²) < 4.78 is 4.91. The number of fused-ring (bicyclic) bond motifs is 1. The highest BCUT2D eigenvalue weighted by Gasteiger charge is 2.08. The minimum atomic E-state index is -0.448. The molecule has 0 spiro atoms. The molecular weight excluding hydrogens is 168 g/mol. The van der Waals surface area contributed by atoms with Gasteiger partial charge in [0.1, 0.15) is 0 Å². The number of nitrogens with zero attached hydrogens (tertiary/aromatic N) is 1. The molecule has 66 valence electrons. The van der Waals surface area contributed by atoms with Gasteiger partial charge in [-0.05, 0) is 24.6 Å². The van der Waals surface area contributed by atoms with Crippen molar-refractivity contribution in [3.63, 3.8) is 0 Å². The maximum atomic E-state index is 10.9. The number of benzene rings is 1. The van der Waals surface area contributed by atoms with Gasteiger partial charge in [0.05, 0.1) is 6.20 Å². The average Bonchev–Trinajstić information content (AvgIpc) is 2.48. The molecule has 0 saturated heterocycles. The monoisotopic (exact) mass is 176 g/mol. The van der Waals surface area contributed by atoms with Crippen molar-refractivity contribution in [2.24, 2.45) is 5.73 Å². The number of primary amides is 1. The fourth-order valence-corrected chi connectivity index (χ4v) is 1.30. The van der Waals surface area contributed by atoms with Crippen molar-refractivity contribution in [3.8, 4) is 0 Å². The molecule has 1 aromatic heterocycles. The van der Waals surface area contributed by atoms with Gasteiger partial charge >= 0.3 is 0 Å². The van der Waals surface area contributed by atoms with E-state index in [-0.39, 0.29) is 0 Å². The summed E-state index contributed by atoms with van der Waals surface area (Å²) in [7, 11) is 0. The predicted octanol–water partition coefficient (Wildman–Crippen LogP) is 1.24. The topological polar surface area (TPSA) is 69.1 Å². The number of aromatic nitrogens is 1. The van der Waals surface area contributed by atoms with Crippen LogP contribution in [-0.4, -0.2) is 11.1 Å². The first-order valence-corrected chi connectivity index (χ1v) is 3.83. The number of hydrogen-bond acceptors (Lipinski definition) is 3. The van der Waals surface area contributed by atoms with E-state index in [0.717, 1.165) is 10.9 Å². The molecule has 1 amide bonds. The van der Waals surface area contributed by atoms with Crippen LogP contribution in [0.1, 0.15) is 15.9 Å². The summed E-state index contributed by atoms with van der Waals surface area (Å²) in [6.45, 7) is 1.83. The summed E-state index contributed by atoms with van der Waals surface area (Å²) in [4.78, 5) is 10.9. The van der Waals surface area contributed by atoms with Crippen LogP contribution in [0.3, 0.4) is 0 Å². The minimum absolute atomic E-state index is 0.448. The zero-order chi connectivity index (χ0) is 9.42. The maximum absolute atomic E-state index is 10.9. The van der Waals surface area contributed by atoms with Crippen LogP contribution >= 0.6 is 0 Å². The normalized spacial score (nSPS) is 10.5. The Balaban J connectivity index is 2.76. The molecule has 1 aromatic carbocycles. The van der Waals surface area contributed by atoms with Gasteiger partial charge in [0, 0.05) is 10.9 Å². The Morgan fingerprint density at radius 2 is 2.31 bits per heavy atom. The van der Waals surface area contributed by atoms with Crippen molar-refractivity contribution >= 4 is 16.9 Å². The average molecular weight is 176 g/mol. The molecule has 0 fully saturated rings. The van der Waals surface area contributed by atoms with Crippen molar-refractivity contribution in [2.75, 3.05) is 0 Å². The summed E-state index contributed by atoms with van der Waals surface area (Å²) in [5, 5.41) is 4.49. The summed E-state index contributed by atoms with van der Waals surface area (Å²) in [6.07, 6.45) is 1.60. The molecule has 2 aromatic rings. The van der Waals surface area contributed by atoms with Gasteiger partial charge in [-0.1, -0.05) is 5.16 Å². The molecule has 13 heavy (non-hydrogen) atoms.